The molecule has 2 aromatic carbocycles. The van der Waals surface area contributed by atoms with E-state index in [-0.39, 0.29) is 18.2 Å². The van der Waals surface area contributed by atoms with Crippen LogP contribution in [0.2, 0.25) is 10.0 Å². The van der Waals surface area contributed by atoms with E-state index in [1.807, 2.05) is 30.3 Å². The Hall–Kier alpha value is -2.81. The highest BCUT2D eigenvalue weighted by atomic mass is 35.5. The molecule has 1 saturated heterocycles. The van der Waals surface area contributed by atoms with Crippen LogP contribution in [-0.4, -0.2) is 38.4 Å². The van der Waals surface area contributed by atoms with Crippen LogP contribution >= 0.6 is 34.7 Å². The van der Waals surface area contributed by atoms with Crippen LogP contribution in [0.25, 0.3) is 11.4 Å². The second-order valence-corrected chi connectivity index (χ2v) is 8.19. The fourth-order valence-corrected chi connectivity index (χ4v) is 4.00. The number of nitrogens with zero attached hydrogens (tertiary/aromatic N) is 3. The minimum Gasteiger partial charge on any atom is -0.330 e. The molecule has 30 heavy (non-hydrogen) atoms. The Balaban J connectivity index is 1.44. The van der Waals surface area contributed by atoms with Crippen LogP contribution in [0.4, 0.5) is 5.13 Å². The number of aromatic nitrogens is 2. The number of nitrogens with one attached hydrogen (secondary N) is 1. The second-order valence-electron chi connectivity index (χ2n) is 6.62. The van der Waals surface area contributed by atoms with Crippen LogP contribution in [0.15, 0.2) is 48.5 Å². The molecule has 2 amide bonds. The monoisotopic (exact) mass is 460 g/mol. The molecule has 1 unspecified atom stereocenters. The lowest BCUT2D eigenvalue weighted by Gasteiger charge is -2.15. The third-order valence-electron chi connectivity index (χ3n) is 4.54. The summed E-state index contributed by atoms with van der Waals surface area (Å²) < 4.78 is 4.20. The van der Waals surface area contributed by atoms with Gasteiger partial charge in [-0.2, -0.15) is 9.36 Å². The zero-order chi connectivity index (χ0) is 21.3. The number of amides is 2. The molecule has 0 radical (unpaired) electrons. The Labute approximate surface area is 185 Å². The lowest BCUT2D eigenvalue weighted by Crippen LogP contribution is -2.34. The minimum absolute atomic E-state index is 0.150. The molecular formula is C20H14Cl2N4O3S. The molecule has 152 valence electrons. The molecule has 1 N–H and O–H groups in total. The molecule has 0 aliphatic carbocycles. The molecular weight excluding hydrogens is 447 g/mol. The lowest BCUT2D eigenvalue weighted by atomic mass is 10.1. The summed E-state index contributed by atoms with van der Waals surface area (Å²) in [6.07, 6.45) is 0. The van der Waals surface area contributed by atoms with Gasteiger partial charge in [-0.15, -0.1) is 0 Å². The van der Waals surface area contributed by atoms with Crippen molar-refractivity contribution >= 4 is 57.5 Å². The highest BCUT2D eigenvalue weighted by Gasteiger charge is 2.44. The van der Waals surface area contributed by atoms with Crippen LogP contribution < -0.4 is 5.32 Å². The van der Waals surface area contributed by atoms with E-state index in [1.54, 1.807) is 18.2 Å². The first-order chi connectivity index (χ1) is 14.4. The zero-order valence-electron chi connectivity index (χ0n) is 15.3. The van der Waals surface area contributed by atoms with Crippen molar-refractivity contribution in [1.82, 2.24) is 14.3 Å². The molecule has 0 spiro atoms. The van der Waals surface area contributed by atoms with E-state index in [0.29, 0.717) is 21.4 Å². The normalized spacial score (nSPS) is 16.2. The molecule has 1 aliphatic heterocycles. The van der Waals surface area contributed by atoms with E-state index < -0.39 is 23.5 Å². The SMILES string of the molecule is O=C1CN(Cc2ccc(Cl)c(Cl)c2)C(=O)C1C(=O)Nc1nc(-c2ccccc2)ns1. The van der Waals surface area contributed by atoms with E-state index in [9.17, 15) is 14.4 Å². The number of ketones is 1. The summed E-state index contributed by atoms with van der Waals surface area (Å²) >= 11 is 12.9. The number of halogens is 2. The van der Waals surface area contributed by atoms with Gasteiger partial charge in [-0.25, -0.2) is 0 Å². The second kappa shape index (κ2) is 8.51. The number of carbonyl (C=O) groups is 3. The number of carbonyl (C=O) groups excluding carboxylic acids is 3. The first kappa shape index (κ1) is 20.5. The van der Waals surface area contributed by atoms with Crippen LogP contribution in [0.3, 0.4) is 0 Å². The van der Waals surface area contributed by atoms with E-state index in [4.69, 9.17) is 23.2 Å². The lowest BCUT2D eigenvalue weighted by molar-refractivity contribution is -0.138. The van der Waals surface area contributed by atoms with Crippen LogP contribution in [0.5, 0.6) is 0 Å². The van der Waals surface area contributed by atoms with Gasteiger partial charge in [-0.1, -0.05) is 59.6 Å². The van der Waals surface area contributed by atoms with Crippen molar-refractivity contribution in [2.45, 2.75) is 6.54 Å². The van der Waals surface area contributed by atoms with Gasteiger partial charge in [0.15, 0.2) is 17.5 Å². The number of benzene rings is 2. The maximum absolute atomic E-state index is 12.7. The van der Waals surface area contributed by atoms with Gasteiger partial charge in [0.05, 0.1) is 16.6 Å². The number of hydrogen-bond acceptors (Lipinski definition) is 6. The van der Waals surface area contributed by atoms with Crippen molar-refractivity contribution in [2.24, 2.45) is 5.92 Å². The molecule has 0 bridgehead atoms. The van der Waals surface area contributed by atoms with Crippen LogP contribution in [0.1, 0.15) is 5.56 Å². The van der Waals surface area contributed by atoms with Crippen LogP contribution in [0, 0.1) is 5.92 Å². The van der Waals surface area contributed by atoms with Crippen molar-refractivity contribution in [1.29, 1.82) is 0 Å². The van der Waals surface area contributed by atoms with Crippen molar-refractivity contribution < 1.29 is 14.4 Å². The van der Waals surface area contributed by atoms with Gasteiger partial charge in [0.1, 0.15) is 0 Å². The standard InChI is InChI=1S/C20H14Cl2N4O3S/c21-13-7-6-11(8-14(13)22)9-26-10-15(27)16(19(26)29)18(28)24-20-23-17(25-30-20)12-4-2-1-3-5-12/h1-8,16H,9-10H2,(H,23,24,25,28). The Bertz CT molecular complexity index is 1140. The summed E-state index contributed by atoms with van der Waals surface area (Å²) in [5.74, 6) is -2.68. The van der Waals surface area contributed by atoms with Crippen molar-refractivity contribution in [2.75, 3.05) is 11.9 Å². The summed E-state index contributed by atoms with van der Waals surface area (Å²) in [5.41, 5.74) is 1.51. The topological polar surface area (TPSA) is 92.3 Å². The molecule has 10 heteroatoms. The first-order valence-corrected chi connectivity index (χ1v) is 10.4. The maximum Gasteiger partial charge on any atom is 0.246 e. The number of Topliss-reactive ketones (excluding diaryl/α,β-unsaturated/α-hetero) is 1. The zero-order valence-corrected chi connectivity index (χ0v) is 17.7. The average molecular weight is 461 g/mol. The molecule has 1 aromatic heterocycles. The van der Waals surface area contributed by atoms with Crippen molar-refractivity contribution in [3.63, 3.8) is 0 Å². The third-order valence-corrected chi connectivity index (χ3v) is 5.90. The van der Waals surface area contributed by atoms with Gasteiger partial charge in [0.25, 0.3) is 0 Å². The van der Waals surface area contributed by atoms with Crippen LogP contribution in [-0.2, 0) is 20.9 Å². The Morgan fingerprint density at radius 2 is 1.90 bits per heavy atom. The maximum atomic E-state index is 12.7. The number of likely N-dealkylation sites (tertiary alicyclic amines) is 1. The molecule has 0 saturated carbocycles. The van der Waals surface area contributed by atoms with Gasteiger partial charge in [-0.05, 0) is 17.7 Å². The summed E-state index contributed by atoms with van der Waals surface area (Å²) in [6, 6.07) is 14.2. The van der Waals surface area contributed by atoms with E-state index in [1.165, 1.54) is 4.90 Å². The summed E-state index contributed by atoms with van der Waals surface area (Å²) in [7, 11) is 0. The predicted octanol–water partition coefficient (Wildman–Crippen LogP) is 3.68. The van der Waals surface area contributed by atoms with Gasteiger partial charge in [-0.3, -0.25) is 19.7 Å². The largest absolute Gasteiger partial charge is 0.330 e. The molecule has 2 heterocycles. The van der Waals surface area contributed by atoms with E-state index in [0.717, 1.165) is 17.1 Å². The van der Waals surface area contributed by atoms with Gasteiger partial charge in [0.2, 0.25) is 16.9 Å². The van der Waals surface area contributed by atoms with Crippen molar-refractivity contribution in [3.05, 3.63) is 64.1 Å². The van der Waals surface area contributed by atoms with Gasteiger partial charge < -0.3 is 4.90 Å². The van der Waals surface area contributed by atoms with E-state index in [2.05, 4.69) is 14.7 Å². The fourth-order valence-electron chi connectivity index (χ4n) is 3.08. The predicted molar refractivity (Wildman–Crippen MR) is 114 cm³/mol. The van der Waals surface area contributed by atoms with Crippen molar-refractivity contribution in [3.8, 4) is 11.4 Å². The third kappa shape index (κ3) is 4.21. The Morgan fingerprint density at radius 1 is 1.13 bits per heavy atom. The summed E-state index contributed by atoms with van der Waals surface area (Å²) in [4.78, 5) is 43.2. The highest BCUT2D eigenvalue weighted by molar-refractivity contribution is 7.10. The number of rotatable bonds is 5. The molecule has 7 nitrogen and oxygen atoms in total. The Morgan fingerprint density at radius 3 is 2.63 bits per heavy atom. The minimum atomic E-state index is -1.41. The molecule has 4 rings (SSSR count). The smallest absolute Gasteiger partial charge is 0.246 e. The highest BCUT2D eigenvalue weighted by Crippen LogP contribution is 2.26. The number of anilines is 1. The Kier molecular flexibility index (Phi) is 5.80. The first-order valence-electron chi connectivity index (χ1n) is 8.88. The summed E-state index contributed by atoms with van der Waals surface area (Å²) in [6.45, 7) is 0.00472. The molecule has 1 atom stereocenters. The quantitative estimate of drug-likeness (QED) is 0.586. The van der Waals surface area contributed by atoms with Gasteiger partial charge in [0, 0.05) is 23.6 Å². The molecule has 1 fully saturated rings. The average Bonchev–Trinajstić information content (AvgIpc) is 3.29. The van der Waals surface area contributed by atoms with Gasteiger partial charge >= 0.3 is 0 Å². The molecule has 3 aromatic rings. The number of hydrogen-bond donors (Lipinski definition) is 1. The fraction of sp³-hybridized carbons (Fsp3) is 0.150. The summed E-state index contributed by atoms with van der Waals surface area (Å²) in [5, 5.41) is 3.51. The van der Waals surface area contributed by atoms with E-state index >= 15 is 0 Å². The molecule has 1 aliphatic rings.